The summed E-state index contributed by atoms with van der Waals surface area (Å²) < 4.78 is 15.9. The Morgan fingerprint density at radius 2 is 1.48 bits per heavy atom. The Bertz CT molecular complexity index is 1140. The number of rotatable bonds is 9. The summed E-state index contributed by atoms with van der Waals surface area (Å²) in [5, 5.41) is 2.75. The van der Waals surface area contributed by atoms with Crippen LogP contribution in [0.3, 0.4) is 0 Å². The first-order valence-corrected chi connectivity index (χ1v) is 10.4. The molecule has 0 heterocycles. The van der Waals surface area contributed by atoms with Gasteiger partial charge in [0.25, 0.3) is 5.91 Å². The van der Waals surface area contributed by atoms with Gasteiger partial charge in [-0.3, -0.25) is 9.59 Å². The molecule has 0 aliphatic carbocycles. The zero-order valence-corrected chi connectivity index (χ0v) is 18.7. The molecule has 0 bridgehead atoms. The van der Waals surface area contributed by atoms with Gasteiger partial charge in [0.2, 0.25) is 5.78 Å². The number of Topliss-reactive ketones (excluding diaryl/α,β-unsaturated/α-hetero) is 1. The first kappa shape index (κ1) is 23.5. The minimum absolute atomic E-state index is 0.222. The third-order valence-corrected chi connectivity index (χ3v) is 4.97. The predicted octanol–water partition coefficient (Wildman–Crippen LogP) is 4.77. The molecule has 0 spiro atoms. The SMILES string of the molecule is CC[C@@H](OC(=O)c1cccc(NC(=O)c2ccc(OC)c(OC)c2)c1)C(=O)c1ccccc1. The van der Waals surface area contributed by atoms with E-state index in [1.54, 1.807) is 67.6 Å². The Morgan fingerprint density at radius 1 is 0.788 bits per heavy atom. The lowest BCUT2D eigenvalue weighted by atomic mass is 10.0. The fourth-order valence-corrected chi connectivity index (χ4v) is 3.21. The monoisotopic (exact) mass is 447 g/mol. The van der Waals surface area contributed by atoms with Crippen LogP contribution in [0.4, 0.5) is 5.69 Å². The molecule has 7 nitrogen and oxygen atoms in total. The van der Waals surface area contributed by atoms with Crippen LogP contribution in [0.5, 0.6) is 11.5 Å². The van der Waals surface area contributed by atoms with E-state index in [-0.39, 0.29) is 17.3 Å². The molecule has 0 unspecified atom stereocenters. The zero-order chi connectivity index (χ0) is 23.8. The lowest BCUT2D eigenvalue weighted by Gasteiger charge is -2.15. The standard InChI is InChI=1S/C26H25NO6/c1-4-21(24(28)17-9-6-5-7-10-17)33-26(30)19-11-8-12-20(15-19)27-25(29)18-13-14-22(31-2)23(16-18)32-3/h5-16,21H,4H2,1-3H3,(H,27,29)/t21-/m1/s1. The topological polar surface area (TPSA) is 90.9 Å². The van der Waals surface area contributed by atoms with Crippen LogP contribution in [0.1, 0.15) is 44.4 Å². The molecule has 33 heavy (non-hydrogen) atoms. The van der Waals surface area contributed by atoms with Crippen LogP contribution in [0, 0.1) is 0 Å². The van der Waals surface area contributed by atoms with E-state index in [1.165, 1.54) is 20.3 Å². The molecule has 0 saturated heterocycles. The Kier molecular flexibility index (Phi) is 7.81. The number of hydrogen-bond acceptors (Lipinski definition) is 6. The quantitative estimate of drug-likeness (QED) is 0.375. The fourth-order valence-electron chi connectivity index (χ4n) is 3.21. The first-order chi connectivity index (χ1) is 16.0. The number of esters is 1. The van der Waals surface area contributed by atoms with Crippen LogP contribution in [0.15, 0.2) is 72.8 Å². The third kappa shape index (κ3) is 5.77. The van der Waals surface area contributed by atoms with Crippen molar-refractivity contribution in [3.63, 3.8) is 0 Å². The van der Waals surface area contributed by atoms with Crippen LogP contribution >= 0.6 is 0 Å². The number of hydrogen-bond donors (Lipinski definition) is 1. The second kappa shape index (κ2) is 10.9. The van der Waals surface area contributed by atoms with E-state index in [9.17, 15) is 14.4 Å². The molecule has 1 amide bonds. The summed E-state index contributed by atoms with van der Waals surface area (Å²) in [6.07, 6.45) is -0.556. The van der Waals surface area contributed by atoms with Gasteiger partial charge < -0.3 is 19.5 Å². The lowest BCUT2D eigenvalue weighted by molar-refractivity contribution is 0.0277. The lowest BCUT2D eigenvalue weighted by Crippen LogP contribution is -2.27. The van der Waals surface area contributed by atoms with Gasteiger partial charge in [0.1, 0.15) is 0 Å². The van der Waals surface area contributed by atoms with Crippen molar-refractivity contribution >= 4 is 23.3 Å². The molecule has 3 aromatic rings. The van der Waals surface area contributed by atoms with E-state index in [0.29, 0.717) is 34.7 Å². The number of carbonyl (C=O) groups is 3. The van der Waals surface area contributed by atoms with E-state index < -0.39 is 12.1 Å². The van der Waals surface area contributed by atoms with Crippen molar-refractivity contribution < 1.29 is 28.6 Å². The maximum absolute atomic E-state index is 12.7. The maximum Gasteiger partial charge on any atom is 0.338 e. The molecule has 7 heteroatoms. The molecule has 0 aliphatic heterocycles. The van der Waals surface area contributed by atoms with Gasteiger partial charge in [0.05, 0.1) is 19.8 Å². The maximum atomic E-state index is 12.7. The number of methoxy groups -OCH3 is 2. The largest absolute Gasteiger partial charge is 0.493 e. The van der Waals surface area contributed by atoms with E-state index in [2.05, 4.69) is 5.32 Å². The molecule has 1 atom stereocenters. The van der Waals surface area contributed by atoms with Gasteiger partial charge in [-0.1, -0.05) is 43.3 Å². The summed E-state index contributed by atoms with van der Waals surface area (Å²) in [6, 6.07) is 19.8. The molecule has 170 valence electrons. The second-order valence-corrected chi connectivity index (χ2v) is 7.14. The van der Waals surface area contributed by atoms with Gasteiger partial charge in [-0.05, 0) is 42.8 Å². The molecular formula is C26H25NO6. The number of anilines is 1. The smallest absolute Gasteiger partial charge is 0.338 e. The van der Waals surface area contributed by atoms with Crippen molar-refractivity contribution in [2.45, 2.75) is 19.4 Å². The highest BCUT2D eigenvalue weighted by molar-refractivity contribution is 6.05. The van der Waals surface area contributed by atoms with Crippen LogP contribution in [0.2, 0.25) is 0 Å². The molecule has 1 N–H and O–H groups in total. The van der Waals surface area contributed by atoms with Crippen molar-refractivity contribution in [2.75, 3.05) is 19.5 Å². The summed E-state index contributed by atoms with van der Waals surface area (Å²) in [7, 11) is 3.00. The molecule has 0 radical (unpaired) electrons. The molecule has 0 aliphatic rings. The van der Waals surface area contributed by atoms with E-state index in [1.807, 2.05) is 6.07 Å². The van der Waals surface area contributed by atoms with Gasteiger partial charge in [0, 0.05) is 16.8 Å². The van der Waals surface area contributed by atoms with Crippen LogP contribution in [-0.4, -0.2) is 38.0 Å². The molecule has 0 fully saturated rings. The van der Waals surface area contributed by atoms with E-state index >= 15 is 0 Å². The summed E-state index contributed by atoms with van der Waals surface area (Å²) in [5.41, 5.74) is 1.47. The summed E-state index contributed by atoms with van der Waals surface area (Å²) in [5.74, 6) is -0.352. The normalized spacial score (nSPS) is 11.2. The highest BCUT2D eigenvalue weighted by Crippen LogP contribution is 2.28. The third-order valence-electron chi connectivity index (χ3n) is 4.97. The summed E-state index contributed by atoms with van der Waals surface area (Å²) in [4.78, 5) is 38.0. The molecular weight excluding hydrogens is 422 g/mol. The highest BCUT2D eigenvalue weighted by atomic mass is 16.5. The number of amides is 1. The average Bonchev–Trinajstić information content (AvgIpc) is 2.86. The second-order valence-electron chi connectivity index (χ2n) is 7.14. The van der Waals surface area contributed by atoms with Crippen molar-refractivity contribution in [2.24, 2.45) is 0 Å². The van der Waals surface area contributed by atoms with Crippen LogP contribution in [0.25, 0.3) is 0 Å². The Morgan fingerprint density at radius 3 is 2.15 bits per heavy atom. The highest BCUT2D eigenvalue weighted by Gasteiger charge is 2.23. The number of benzene rings is 3. The van der Waals surface area contributed by atoms with Crippen molar-refractivity contribution in [3.05, 3.63) is 89.5 Å². The van der Waals surface area contributed by atoms with Crippen molar-refractivity contribution in [3.8, 4) is 11.5 Å². The first-order valence-electron chi connectivity index (χ1n) is 10.4. The van der Waals surface area contributed by atoms with Gasteiger partial charge in [-0.15, -0.1) is 0 Å². The van der Waals surface area contributed by atoms with Gasteiger partial charge >= 0.3 is 5.97 Å². The van der Waals surface area contributed by atoms with Crippen molar-refractivity contribution in [1.29, 1.82) is 0 Å². The van der Waals surface area contributed by atoms with Gasteiger partial charge in [-0.25, -0.2) is 4.79 Å². The fraction of sp³-hybridized carbons (Fsp3) is 0.192. The number of carbonyl (C=O) groups excluding carboxylic acids is 3. The minimum Gasteiger partial charge on any atom is -0.493 e. The van der Waals surface area contributed by atoms with Crippen molar-refractivity contribution in [1.82, 2.24) is 0 Å². The molecule has 0 saturated carbocycles. The molecule has 3 aromatic carbocycles. The molecule has 0 aromatic heterocycles. The Balaban J connectivity index is 1.71. The van der Waals surface area contributed by atoms with Crippen LogP contribution < -0.4 is 14.8 Å². The zero-order valence-electron chi connectivity index (χ0n) is 18.7. The molecule has 3 rings (SSSR count). The summed E-state index contributed by atoms with van der Waals surface area (Å²) in [6.45, 7) is 1.78. The van der Waals surface area contributed by atoms with Gasteiger partial charge in [-0.2, -0.15) is 0 Å². The summed E-state index contributed by atoms with van der Waals surface area (Å²) >= 11 is 0. The van der Waals surface area contributed by atoms with Crippen LogP contribution in [-0.2, 0) is 4.74 Å². The number of nitrogens with one attached hydrogen (secondary N) is 1. The number of ether oxygens (including phenoxy) is 3. The van der Waals surface area contributed by atoms with Gasteiger partial charge in [0.15, 0.2) is 17.6 Å². The van der Waals surface area contributed by atoms with E-state index in [0.717, 1.165) is 0 Å². The Labute approximate surface area is 192 Å². The number of ketones is 1. The average molecular weight is 447 g/mol. The predicted molar refractivity (Wildman–Crippen MR) is 124 cm³/mol. The minimum atomic E-state index is -0.898. The Hall–Kier alpha value is -4.13. The van der Waals surface area contributed by atoms with E-state index in [4.69, 9.17) is 14.2 Å².